The number of rotatable bonds is 5. The van der Waals surface area contributed by atoms with E-state index < -0.39 is 0 Å². The Bertz CT molecular complexity index is 446. The van der Waals surface area contributed by atoms with E-state index in [0.29, 0.717) is 0 Å². The van der Waals surface area contributed by atoms with Crippen LogP contribution in [0.5, 0.6) is 0 Å². The Hall–Kier alpha value is -0.450. The SMILES string of the molecule is CCNC(Cc1cc(F)ccc1Br)C1(C)CCCCO1. The fraction of sp³-hybridized carbons (Fsp3) is 0.625. The number of hydrogen-bond donors (Lipinski definition) is 1. The van der Waals surface area contributed by atoms with E-state index in [1.807, 2.05) is 0 Å². The van der Waals surface area contributed by atoms with Gasteiger partial charge in [-0.05, 0) is 62.9 Å². The van der Waals surface area contributed by atoms with Gasteiger partial charge in [-0.15, -0.1) is 0 Å². The zero-order valence-corrected chi connectivity index (χ0v) is 13.8. The van der Waals surface area contributed by atoms with Crippen molar-refractivity contribution < 1.29 is 9.13 Å². The van der Waals surface area contributed by atoms with Gasteiger partial charge in [-0.3, -0.25) is 0 Å². The summed E-state index contributed by atoms with van der Waals surface area (Å²) < 4.78 is 20.5. The fourth-order valence-corrected chi connectivity index (χ4v) is 3.31. The van der Waals surface area contributed by atoms with Gasteiger partial charge in [0.2, 0.25) is 0 Å². The summed E-state index contributed by atoms with van der Waals surface area (Å²) in [5.74, 6) is -0.187. The van der Waals surface area contributed by atoms with Crippen LogP contribution in [0, 0.1) is 5.82 Å². The van der Waals surface area contributed by atoms with Crippen molar-refractivity contribution in [2.24, 2.45) is 0 Å². The molecule has 1 aliphatic rings. The zero-order valence-electron chi connectivity index (χ0n) is 12.2. The molecule has 2 unspecified atom stereocenters. The Labute approximate surface area is 129 Å². The lowest BCUT2D eigenvalue weighted by molar-refractivity contribution is -0.0881. The van der Waals surface area contributed by atoms with Gasteiger partial charge >= 0.3 is 0 Å². The Morgan fingerprint density at radius 1 is 1.45 bits per heavy atom. The molecule has 1 N–H and O–H groups in total. The highest BCUT2D eigenvalue weighted by molar-refractivity contribution is 9.10. The third-order valence-corrected chi connectivity index (χ3v) is 4.89. The van der Waals surface area contributed by atoms with Crippen molar-refractivity contribution in [1.82, 2.24) is 5.32 Å². The summed E-state index contributed by atoms with van der Waals surface area (Å²) in [6, 6.07) is 5.07. The molecule has 2 rings (SSSR count). The first-order chi connectivity index (χ1) is 9.55. The summed E-state index contributed by atoms with van der Waals surface area (Å²) in [6.07, 6.45) is 4.15. The molecule has 1 heterocycles. The van der Waals surface area contributed by atoms with Gasteiger partial charge in [0.15, 0.2) is 0 Å². The van der Waals surface area contributed by atoms with Gasteiger partial charge in [0, 0.05) is 17.1 Å². The highest BCUT2D eigenvalue weighted by Crippen LogP contribution is 2.31. The van der Waals surface area contributed by atoms with E-state index in [1.54, 1.807) is 12.1 Å². The second kappa shape index (κ2) is 7.01. The van der Waals surface area contributed by atoms with Crippen molar-refractivity contribution in [2.45, 2.75) is 51.2 Å². The van der Waals surface area contributed by atoms with Gasteiger partial charge in [-0.2, -0.15) is 0 Å². The average molecular weight is 344 g/mol. The van der Waals surface area contributed by atoms with Gasteiger partial charge in [-0.25, -0.2) is 4.39 Å². The van der Waals surface area contributed by atoms with Crippen molar-refractivity contribution in [3.8, 4) is 0 Å². The highest BCUT2D eigenvalue weighted by Gasteiger charge is 2.36. The van der Waals surface area contributed by atoms with Gasteiger partial charge < -0.3 is 10.1 Å². The van der Waals surface area contributed by atoms with Crippen molar-refractivity contribution >= 4 is 15.9 Å². The molecule has 1 fully saturated rings. The molecule has 0 bridgehead atoms. The Morgan fingerprint density at radius 3 is 2.90 bits per heavy atom. The molecule has 0 amide bonds. The van der Waals surface area contributed by atoms with Crippen LogP contribution in [0.15, 0.2) is 22.7 Å². The van der Waals surface area contributed by atoms with E-state index in [1.165, 1.54) is 12.5 Å². The molecule has 0 aliphatic carbocycles. The first-order valence-electron chi connectivity index (χ1n) is 7.36. The summed E-state index contributed by atoms with van der Waals surface area (Å²) in [5.41, 5.74) is 0.825. The van der Waals surface area contributed by atoms with Crippen LogP contribution in [0.3, 0.4) is 0 Å². The lowest BCUT2D eigenvalue weighted by Crippen LogP contribution is -2.53. The Morgan fingerprint density at radius 2 is 2.25 bits per heavy atom. The van der Waals surface area contributed by atoms with Crippen molar-refractivity contribution in [1.29, 1.82) is 0 Å². The van der Waals surface area contributed by atoms with Gasteiger partial charge in [-0.1, -0.05) is 22.9 Å². The maximum Gasteiger partial charge on any atom is 0.123 e. The third-order valence-electron chi connectivity index (χ3n) is 4.12. The minimum atomic E-state index is -0.187. The number of benzene rings is 1. The zero-order chi connectivity index (χ0) is 14.6. The van der Waals surface area contributed by atoms with E-state index in [4.69, 9.17) is 4.74 Å². The van der Waals surface area contributed by atoms with Gasteiger partial charge in [0.25, 0.3) is 0 Å². The van der Waals surface area contributed by atoms with Crippen LogP contribution >= 0.6 is 15.9 Å². The van der Waals surface area contributed by atoms with Crippen LogP contribution in [-0.4, -0.2) is 24.8 Å². The molecule has 0 aromatic heterocycles. The van der Waals surface area contributed by atoms with Crippen molar-refractivity contribution in [3.05, 3.63) is 34.1 Å². The minimum Gasteiger partial charge on any atom is -0.374 e. The third kappa shape index (κ3) is 3.80. The molecule has 1 saturated heterocycles. The first-order valence-corrected chi connectivity index (χ1v) is 8.16. The molecule has 4 heteroatoms. The maximum absolute atomic E-state index is 13.4. The molecule has 1 aromatic rings. The van der Waals surface area contributed by atoms with E-state index in [-0.39, 0.29) is 17.5 Å². The maximum atomic E-state index is 13.4. The van der Waals surface area contributed by atoms with Crippen molar-refractivity contribution in [2.75, 3.05) is 13.2 Å². The number of nitrogens with one attached hydrogen (secondary N) is 1. The first kappa shape index (κ1) is 15.9. The van der Waals surface area contributed by atoms with Gasteiger partial charge in [0.1, 0.15) is 5.82 Å². The largest absolute Gasteiger partial charge is 0.374 e. The Kier molecular flexibility index (Phi) is 5.58. The summed E-state index contributed by atoms with van der Waals surface area (Å²) in [5, 5.41) is 3.52. The van der Waals surface area contributed by atoms with Gasteiger partial charge in [0.05, 0.1) is 5.60 Å². The smallest absolute Gasteiger partial charge is 0.123 e. The lowest BCUT2D eigenvalue weighted by atomic mass is 9.84. The fourth-order valence-electron chi connectivity index (χ4n) is 2.90. The van der Waals surface area contributed by atoms with Crippen LogP contribution in [0.4, 0.5) is 4.39 Å². The molecule has 0 saturated carbocycles. The number of hydrogen-bond acceptors (Lipinski definition) is 2. The number of ether oxygens (including phenoxy) is 1. The molecule has 2 atom stereocenters. The molecule has 0 radical (unpaired) electrons. The number of likely N-dealkylation sites (N-methyl/N-ethyl adjacent to an activating group) is 1. The molecule has 2 nitrogen and oxygen atoms in total. The lowest BCUT2D eigenvalue weighted by Gasteiger charge is -2.41. The Balaban J connectivity index is 2.18. The molecular formula is C16H23BrFNO. The minimum absolute atomic E-state index is 0.167. The molecule has 20 heavy (non-hydrogen) atoms. The molecule has 112 valence electrons. The predicted octanol–water partition coefficient (Wildman–Crippen LogP) is 4.07. The molecular weight excluding hydrogens is 321 g/mol. The summed E-state index contributed by atoms with van der Waals surface area (Å²) in [4.78, 5) is 0. The normalized spacial score (nSPS) is 24.6. The van der Waals surface area contributed by atoms with Crippen LogP contribution in [-0.2, 0) is 11.2 Å². The second-order valence-electron chi connectivity index (χ2n) is 5.67. The van der Waals surface area contributed by atoms with Crippen LogP contribution in [0.1, 0.15) is 38.7 Å². The summed E-state index contributed by atoms with van der Waals surface area (Å²) in [7, 11) is 0. The summed E-state index contributed by atoms with van der Waals surface area (Å²) in [6.45, 7) is 5.98. The van der Waals surface area contributed by atoms with Crippen LogP contribution in [0.2, 0.25) is 0 Å². The van der Waals surface area contributed by atoms with E-state index >= 15 is 0 Å². The molecule has 1 aromatic carbocycles. The van der Waals surface area contributed by atoms with Crippen molar-refractivity contribution in [3.63, 3.8) is 0 Å². The molecule has 1 aliphatic heterocycles. The quantitative estimate of drug-likeness (QED) is 0.870. The van der Waals surface area contributed by atoms with Crippen LogP contribution < -0.4 is 5.32 Å². The number of halogens is 2. The highest BCUT2D eigenvalue weighted by atomic mass is 79.9. The van der Waals surface area contributed by atoms with E-state index in [2.05, 4.69) is 35.1 Å². The van der Waals surface area contributed by atoms with Crippen LogP contribution in [0.25, 0.3) is 0 Å². The molecule has 0 spiro atoms. The topological polar surface area (TPSA) is 21.3 Å². The monoisotopic (exact) mass is 343 g/mol. The second-order valence-corrected chi connectivity index (χ2v) is 6.52. The summed E-state index contributed by atoms with van der Waals surface area (Å²) >= 11 is 3.52. The standard InChI is InChI=1S/C16H23BrFNO/c1-3-19-15(16(2)8-4-5-9-20-16)11-12-10-13(18)6-7-14(12)17/h6-7,10,15,19H,3-5,8-9,11H2,1-2H3. The van der Waals surface area contributed by atoms with E-state index in [9.17, 15) is 4.39 Å². The van der Waals surface area contributed by atoms with E-state index in [0.717, 1.165) is 42.5 Å². The average Bonchev–Trinajstić information content (AvgIpc) is 2.43. The predicted molar refractivity (Wildman–Crippen MR) is 83.5 cm³/mol.